The van der Waals surface area contributed by atoms with E-state index in [0.29, 0.717) is 0 Å². The second-order valence-electron chi connectivity index (χ2n) is 4.76. The fourth-order valence-electron chi connectivity index (χ4n) is 2.38. The maximum absolute atomic E-state index is 12.3. The van der Waals surface area contributed by atoms with Gasteiger partial charge in [0.05, 0.1) is 4.90 Å². The topological polar surface area (TPSA) is 79.3 Å². The van der Waals surface area contributed by atoms with Gasteiger partial charge in [0.2, 0.25) is 0 Å². The number of rotatable bonds is 3. The van der Waals surface area contributed by atoms with E-state index in [-0.39, 0.29) is 16.5 Å². The van der Waals surface area contributed by atoms with Crippen LogP contribution in [-0.4, -0.2) is 18.5 Å². The molecular formula is C14H14N2O3S. The van der Waals surface area contributed by atoms with Gasteiger partial charge in [-0.3, -0.25) is 4.72 Å². The van der Waals surface area contributed by atoms with E-state index in [2.05, 4.69) is 9.71 Å². The Labute approximate surface area is 117 Å². The molecule has 1 aromatic carbocycles. The first-order chi connectivity index (χ1) is 9.56. The van der Waals surface area contributed by atoms with Crippen LogP contribution >= 0.6 is 0 Å². The lowest BCUT2D eigenvalue weighted by molar-refractivity contribution is 0.475. The van der Waals surface area contributed by atoms with Crippen molar-refractivity contribution < 1.29 is 13.5 Å². The van der Waals surface area contributed by atoms with E-state index >= 15 is 0 Å². The molecule has 0 saturated carbocycles. The van der Waals surface area contributed by atoms with E-state index < -0.39 is 10.0 Å². The molecule has 2 N–H and O–H groups in total. The Balaban J connectivity index is 1.94. The molecule has 3 rings (SSSR count). The monoisotopic (exact) mass is 290 g/mol. The Kier molecular flexibility index (Phi) is 3.10. The molecule has 6 heteroatoms. The van der Waals surface area contributed by atoms with Crippen molar-refractivity contribution in [3.05, 3.63) is 47.7 Å². The van der Waals surface area contributed by atoms with Crippen molar-refractivity contribution in [2.75, 3.05) is 4.72 Å². The van der Waals surface area contributed by atoms with Gasteiger partial charge in [-0.15, -0.1) is 0 Å². The minimum Gasteiger partial charge on any atom is -0.504 e. The highest BCUT2D eigenvalue weighted by Crippen LogP contribution is 2.27. The number of sulfonamides is 1. The molecular weight excluding hydrogens is 276 g/mol. The molecule has 2 aromatic rings. The van der Waals surface area contributed by atoms with Crippen LogP contribution < -0.4 is 4.72 Å². The number of pyridine rings is 1. The first-order valence-electron chi connectivity index (χ1n) is 6.35. The van der Waals surface area contributed by atoms with Crippen LogP contribution in [0.15, 0.2) is 41.4 Å². The zero-order valence-electron chi connectivity index (χ0n) is 10.7. The number of aryl methyl sites for hydroxylation is 2. The summed E-state index contributed by atoms with van der Waals surface area (Å²) in [4.78, 5) is 4.02. The number of hydrogen-bond acceptors (Lipinski definition) is 4. The second-order valence-corrected chi connectivity index (χ2v) is 6.44. The molecule has 0 atom stereocenters. The molecule has 0 aliphatic heterocycles. The van der Waals surface area contributed by atoms with Gasteiger partial charge in [0.1, 0.15) is 0 Å². The van der Waals surface area contributed by atoms with Crippen LogP contribution in [-0.2, 0) is 22.9 Å². The predicted octanol–water partition coefficient (Wildman–Crippen LogP) is 2.08. The van der Waals surface area contributed by atoms with Gasteiger partial charge in [-0.05, 0) is 54.7 Å². The van der Waals surface area contributed by atoms with Crippen LogP contribution in [0.25, 0.3) is 0 Å². The van der Waals surface area contributed by atoms with E-state index in [9.17, 15) is 13.5 Å². The standard InChI is InChI=1S/C14H14N2O3S/c17-13-5-2-8-15-14(13)16-20(18,19)12-7-6-10-3-1-4-11(10)9-12/h2,5-9,17H,1,3-4H2,(H,15,16). The van der Waals surface area contributed by atoms with Gasteiger partial charge in [0.15, 0.2) is 11.6 Å². The van der Waals surface area contributed by atoms with E-state index in [1.807, 2.05) is 6.07 Å². The quantitative estimate of drug-likeness (QED) is 0.907. The average Bonchev–Trinajstić information content (AvgIpc) is 2.88. The lowest BCUT2D eigenvalue weighted by Crippen LogP contribution is -2.14. The fourth-order valence-corrected chi connectivity index (χ4v) is 3.45. The van der Waals surface area contributed by atoms with E-state index in [4.69, 9.17) is 0 Å². The van der Waals surface area contributed by atoms with Gasteiger partial charge in [0.25, 0.3) is 10.0 Å². The molecule has 0 spiro atoms. The zero-order valence-corrected chi connectivity index (χ0v) is 11.5. The molecule has 1 aromatic heterocycles. The second kappa shape index (κ2) is 4.79. The molecule has 5 nitrogen and oxygen atoms in total. The van der Waals surface area contributed by atoms with Gasteiger partial charge in [0, 0.05) is 6.20 Å². The van der Waals surface area contributed by atoms with Gasteiger partial charge in [-0.25, -0.2) is 13.4 Å². The maximum atomic E-state index is 12.3. The highest BCUT2D eigenvalue weighted by atomic mass is 32.2. The lowest BCUT2D eigenvalue weighted by atomic mass is 10.1. The van der Waals surface area contributed by atoms with Crippen molar-refractivity contribution in [1.82, 2.24) is 4.98 Å². The van der Waals surface area contributed by atoms with Crippen LogP contribution in [0.2, 0.25) is 0 Å². The third-order valence-electron chi connectivity index (χ3n) is 3.40. The third-order valence-corrected chi connectivity index (χ3v) is 4.73. The zero-order chi connectivity index (χ0) is 14.2. The van der Waals surface area contributed by atoms with Crippen molar-refractivity contribution in [1.29, 1.82) is 0 Å². The molecule has 1 heterocycles. The van der Waals surface area contributed by atoms with Crippen molar-refractivity contribution in [2.45, 2.75) is 24.2 Å². The highest BCUT2D eigenvalue weighted by molar-refractivity contribution is 7.92. The Morgan fingerprint density at radius 3 is 2.75 bits per heavy atom. The van der Waals surface area contributed by atoms with Gasteiger partial charge >= 0.3 is 0 Å². The molecule has 0 fully saturated rings. The Bertz CT molecular complexity index is 757. The first kappa shape index (κ1) is 12.9. The molecule has 1 aliphatic carbocycles. The van der Waals surface area contributed by atoms with Gasteiger partial charge < -0.3 is 5.11 Å². The predicted molar refractivity (Wildman–Crippen MR) is 75.2 cm³/mol. The van der Waals surface area contributed by atoms with E-state index in [1.165, 1.54) is 23.9 Å². The normalized spacial score (nSPS) is 14.0. The summed E-state index contributed by atoms with van der Waals surface area (Å²) in [5, 5.41) is 9.59. The highest BCUT2D eigenvalue weighted by Gasteiger charge is 2.19. The van der Waals surface area contributed by atoms with Crippen molar-refractivity contribution in [3.8, 4) is 5.75 Å². The third kappa shape index (κ3) is 2.34. The van der Waals surface area contributed by atoms with Crippen molar-refractivity contribution in [3.63, 3.8) is 0 Å². The minimum atomic E-state index is -3.73. The molecule has 0 amide bonds. The summed E-state index contributed by atoms with van der Waals surface area (Å²) in [6.07, 6.45) is 4.39. The number of fused-ring (bicyclic) bond motifs is 1. The van der Waals surface area contributed by atoms with Crippen LogP contribution in [0.1, 0.15) is 17.5 Å². The van der Waals surface area contributed by atoms with Crippen LogP contribution in [0.3, 0.4) is 0 Å². The summed E-state index contributed by atoms with van der Waals surface area (Å²) >= 11 is 0. The SMILES string of the molecule is O=S(=O)(Nc1ncccc1O)c1ccc2c(c1)CCC2. The van der Waals surface area contributed by atoms with Gasteiger partial charge in [-0.2, -0.15) is 0 Å². The number of nitrogens with one attached hydrogen (secondary N) is 1. The number of aromatic nitrogens is 1. The fraction of sp³-hybridized carbons (Fsp3) is 0.214. The van der Waals surface area contributed by atoms with E-state index in [1.54, 1.807) is 12.1 Å². The maximum Gasteiger partial charge on any atom is 0.263 e. The average molecular weight is 290 g/mol. The summed E-state index contributed by atoms with van der Waals surface area (Å²) in [5.74, 6) is -0.259. The lowest BCUT2D eigenvalue weighted by Gasteiger charge is -2.09. The first-order valence-corrected chi connectivity index (χ1v) is 7.83. The summed E-state index contributed by atoms with van der Waals surface area (Å²) in [5.41, 5.74) is 2.29. The summed E-state index contributed by atoms with van der Waals surface area (Å²) in [6, 6.07) is 8.06. The smallest absolute Gasteiger partial charge is 0.263 e. The van der Waals surface area contributed by atoms with Crippen molar-refractivity contribution in [2.24, 2.45) is 0 Å². The van der Waals surface area contributed by atoms with Crippen LogP contribution in [0.5, 0.6) is 5.75 Å². The summed E-state index contributed by atoms with van der Waals surface area (Å²) in [6.45, 7) is 0. The largest absolute Gasteiger partial charge is 0.504 e. The number of anilines is 1. The molecule has 1 aliphatic rings. The summed E-state index contributed by atoms with van der Waals surface area (Å²) < 4.78 is 26.9. The summed E-state index contributed by atoms with van der Waals surface area (Å²) in [7, 11) is -3.73. The molecule has 104 valence electrons. The van der Waals surface area contributed by atoms with Gasteiger partial charge in [-0.1, -0.05) is 6.07 Å². The number of aromatic hydroxyl groups is 1. The van der Waals surface area contributed by atoms with Crippen LogP contribution in [0, 0.1) is 0 Å². The number of nitrogens with zero attached hydrogens (tertiary/aromatic N) is 1. The minimum absolute atomic E-state index is 0.0620. The van der Waals surface area contributed by atoms with E-state index in [0.717, 1.165) is 24.8 Å². The molecule has 0 unspecified atom stereocenters. The molecule has 0 saturated heterocycles. The molecule has 0 radical (unpaired) electrons. The Hall–Kier alpha value is -2.08. The Morgan fingerprint density at radius 1 is 1.15 bits per heavy atom. The number of benzene rings is 1. The van der Waals surface area contributed by atoms with Crippen LogP contribution in [0.4, 0.5) is 5.82 Å². The number of hydrogen-bond donors (Lipinski definition) is 2. The molecule has 20 heavy (non-hydrogen) atoms. The molecule has 0 bridgehead atoms. The Morgan fingerprint density at radius 2 is 1.95 bits per heavy atom. The van der Waals surface area contributed by atoms with Crippen molar-refractivity contribution >= 4 is 15.8 Å².